The normalized spacial score (nSPS) is 22.7. The molecule has 1 aliphatic heterocycles. The Morgan fingerprint density at radius 2 is 2.11 bits per heavy atom. The van der Waals surface area contributed by atoms with Crippen LogP contribution in [0.4, 0.5) is 5.69 Å². The molecule has 18 heavy (non-hydrogen) atoms. The molecular formula is C15H23BrN2. The largest absolute Gasteiger partial charge is 0.371 e. The lowest BCUT2D eigenvalue weighted by molar-refractivity contribution is 0.521. The molecule has 1 fully saturated rings. The van der Waals surface area contributed by atoms with Gasteiger partial charge in [-0.1, -0.05) is 22.9 Å². The summed E-state index contributed by atoms with van der Waals surface area (Å²) in [4.78, 5) is 2.51. The monoisotopic (exact) mass is 310 g/mol. The first-order valence-corrected chi connectivity index (χ1v) is 7.67. The summed E-state index contributed by atoms with van der Waals surface area (Å²) < 4.78 is 1.11. The average Bonchev–Trinajstić information content (AvgIpc) is 2.54. The van der Waals surface area contributed by atoms with Crippen LogP contribution in [0.2, 0.25) is 0 Å². The van der Waals surface area contributed by atoms with E-state index in [1.165, 1.54) is 30.5 Å². The summed E-state index contributed by atoms with van der Waals surface area (Å²) in [5.41, 5.74) is 8.68. The fourth-order valence-corrected chi connectivity index (χ4v) is 3.06. The molecular weight excluding hydrogens is 288 g/mol. The Kier molecular flexibility index (Phi) is 4.68. The zero-order valence-corrected chi connectivity index (χ0v) is 12.9. The molecule has 2 rings (SSSR count). The van der Waals surface area contributed by atoms with Crippen molar-refractivity contribution in [3.8, 4) is 0 Å². The number of anilines is 1. The fourth-order valence-electron chi connectivity index (χ4n) is 2.68. The molecule has 1 aromatic carbocycles. The molecule has 2 atom stereocenters. The molecule has 0 saturated carbocycles. The van der Waals surface area contributed by atoms with E-state index in [2.05, 4.69) is 52.9 Å². The van der Waals surface area contributed by atoms with Crippen molar-refractivity contribution in [3.05, 3.63) is 28.2 Å². The van der Waals surface area contributed by atoms with Gasteiger partial charge in [0.25, 0.3) is 0 Å². The van der Waals surface area contributed by atoms with Crippen molar-refractivity contribution < 1.29 is 0 Å². The Hall–Kier alpha value is -0.540. The maximum Gasteiger partial charge on any atom is 0.0415 e. The Morgan fingerprint density at radius 3 is 2.83 bits per heavy atom. The van der Waals surface area contributed by atoms with Gasteiger partial charge < -0.3 is 10.6 Å². The van der Waals surface area contributed by atoms with Gasteiger partial charge in [0.2, 0.25) is 0 Å². The van der Waals surface area contributed by atoms with E-state index in [1.807, 2.05) is 0 Å². The molecule has 0 aliphatic carbocycles. The number of hydrogen-bond donors (Lipinski definition) is 1. The van der Waals surface area contributed by atoms with E-state index in [0.717, 1.165) is 23.5 Å². The molecule has 2 nitrogen and oxygen atoms in total. The second-order valence-corrected chi connectivity index (χ2v) is 6.43. The third kappa shape index (κ3) is 3.27. The van der Waals surface area contributed by atoms with Gasteiger partial charge in [0.1, 0.15) is 0 Å². The second kappa shape index (κ2) is 6.07. The molecule has 1 saturated heterocycles. The number of benzene rings is 1. The lowest BCUT2D eigenvalue weighted by Gasteiger charge is -2.27. The third-order valence-corrected chi connectivity index (χ3v) is 4.33. The molecule has 1 heterocycles. The first-order chi connectivity index (χ1) is 8.58. The predicted octanol–water partition coefficient (Wildman–Crippen LogP) is 4.10. The van der Waals surface area contributed by atoms with E-state index in [-0.39, 0.29) is 6.04 Å². The number of halogens is 1. The van der Waals surface area contributed by atoms with Gasteiger partial charge in [-0.3, -0.25) is 0 Å². The standard InChI is InChI=1S/C15H23BrN2/c1-11-4-3-8-18(9-7-11)15-6-5-13(16)10-14(15)12(2)17/h5-6,10-12H,3-4,7-9,17H2,1-2H3. The van der Waals surface area contributed by atoms with E-state index in [4.69, 9.17) is 5.73 Å². The van der Waals surface area contributed by atoms with Crippen LogP contribution < -0.4 is 10.6 Å². The van der Waals surface area contributed by atoms with Crippen LogP contribution in [0, 0.1) is 5.92 Å². The molecule has 1 aromatic rings. The lowest BCUT2D eigenvalue weighted by atomic mass is 10.0. The van der Waals surface area contributed by atoms with Crippen LogP contribution in [0.25, 0.3) is 0 Å². The first kappa shape index (κ1) is 13.9. The second-order valence-electron chi connectivity index (χ2n) is 5.51. The minimum Gasteiger partial charge on any atom is -0.371 e. The van der Waals surface area contributed by atoms with Gasteiger partial charge >= 0.3 is 0 Å². The highest BCUT2D eigenvalue weighted by Gasteiger charge is 2.18. The van der Waals surface area contributed by atoms with Crippen LogP contribution in [-0.2, 0) is 0 Å². The topological polar surface area (TPSA) is 29.3 Å². The average molecular weight is 311 g/mol. The van der Waals surface area contributed by atoms with Gasteiger partial charge in [0, 0.05) is 29.3 Å². The van der Waals surface area contributed by atoms with Crippen molar-refractivity contribution in [2.45, 2.75) is 39.2 Å². The Labute approximate surface area is 119 Å². The van der Waals surface area contributed by atoms with Crippen LogP contribution >= 0.6 is 15.9 Å². The summed E-state index contributed by atoms with van der Waals surface area (Å²) in [6.07, 6.45) is 3.92. The maximum atomic E-state index is 6.11. The quantitative estimate of drug-likeness (QED) is 0.891. The number of hydrogen-bond acceptors (Lipinski definition) is 2. The summed E-state index contributed by atoms with van der Waals surface area (Å²) in [7, 11) is 0. The van der Waals surface area contributed by atoms with Gasteiger partial charge in [-0.05, 0) is 55.9 Å². The van der Waals surface area contributed by atoms with Gasteiger partial charge in [-0.2, -0.15) is 0 Å². The van der Waals surface area contributed by atoms with Crippen molar-refractivity contribution in [2.75, 3.05) is 18.0 Å². The van der Waals surface area contributed by atoms with Gasteiger partial charge in [0.15, 0.2) is 0 Å². The predicted molar refractivity (Wildman–Crippen MR) is 82.0 cm³/mol. The lowest BCUT2D eigenvalue weighted by Crippen LogP contribution is -2.26. The number of nitrogens with two attached hydrogens (primary N) is 1. The molecule has 0 bridgehead atoms. The van der Waals surface area contributed by atoms with Crippen molar-refractivity contribution >= 4 is 21.6 Å². The molecule has 100 valence electrons. The van der Waals surface area contributed by atoms with E-state index < -0.39 is 0 Å². The minimum atomic E-state index is 0.0816. The van der Waals surface area contributed by atoms with Gasteiger partial charge in [-0.25, -0.2) is 0 Å². The van der Waals surface area contributed by atoms with Crippen molar-refractivity contribution in [1.82, 2.24) is 0 Å². The molecule has 0 radical (unpaired) electrons. The van der Waals surface area contributed by atoms with E-state index in [9.17, 15) is 0 Å². The van der Waals surface area contributed by atoms with Crippen molar-refractivity contribution in [1.29, 1.82) is 0 Å². The maximum absolute atomic E-state index is 6.11. The summed E-state index contributed by atoms with van der Waals surface area (Å²) in [6.45, 7) is 6.73. The first-order valence-electron chi connectivity index (χ1n) is 6.88. The van der Waals surface area contributed by atoms with E-state index in [0.29, 0.717) is 0 Å². The number of rotatable bonds is 2. The Morgan fingerprint density at radius 1 is 1.33 bits per heavy atom. The third-order valence-electron chi connectivity index (χ3n) is 3.84. The highest BCUT2D eigenvalue weighted by molar-refractivity contribution is 9.10. The van der Waals surface area contributed by atoms with Crippen LogP contribution in [0.1, 0.15) is 44.7 Å². The molecule has 2 unspecified atom stereocenters. The minimum absolute atomic E-state index is 0.0816. The van der Waals surface area contributed by atoms with Gasteiger partial charge in [0.05, 0.1) is 0 Å². The van der Waals surface area contributed by atoms with Crippen LogP contribution in [-0.4, -0.2) is 13.1 Å². The summed E-state index contributed by atoms with van der Waals surface area (Å²) >= 11 is 3.54. The smallest absolute Gasteiger partial charge is 0.0415 e. The zero-order valence-electron chi connectivity index (χ0n) is 11.3. The fraction of sp³-hybridized carbons (Fsp3) is 0.600. The molecule has 1 aliphatic rings. The molecule has 0 aromatic heterocycles. The van der Waals surface area contributed by atoms with Crippen molar-refractivity contribution in [3.63, 3.8) is 0 Å². The number of nitrogens with zero attached hydrogens (tertiary/aromatic N) is 1. The van der Waals surface area contributed by atoms with Crippen LogP contribution in [0.5, 0.6) is 0 Å². The highest BCUT2D eigenvalue weighted by Crippen LogP contribution is 2.30. The Balaban J connectivity index is 2.26. The summed E-state index contributed by atoms with van der Waals surface area (Å²) in [5, 5.41) is 0. The molecule has 3 heteroatoms. The Bertz CT molecular complexity index is 403. The van der Waals surface area contributed by atoms with E-state index in [1.54, 1.807) is 0 Å². The summed E-state index contributed by atoms with van der Waals surface area (Å²) in [6, 6.07) is 6.57. The molecule has 0 amide bonds. The van der Waals surface area contributed by atoms with Gasteiger partial charge in [-0.15, -0.1) is 0 Å². The van der Waals surface area contributed by atoms with Crippen LogP contribution in [0.3, 0.4) is 0 Å². The van der Waals surface area contributed by atoms with Crippen molar-refractivity contribution in [2.24, 2.45) is 11.7 Å². The van der Waals surface area contributed by atoms with E-state index >= 15 is 0 Å². The zero-order chi connectivity index (χ0) is 13.1. The molecule has 2 N–H and O–H groups in total. The summed E-state index contributed by atoms with van der Waals surface area (Å²) in [5.74, 6) is 0.851. The SMILES string of the molecule is CC1CCCN(c2ccc(Br)cc2C(C)N)CC1. The van der Waals surface area contributed by atoms with Crippen LogP contribution in [0.15, 0.2) is 22.7 Å². The molecule has 0 spiro atoms. The highest BCUT2D eigenvalue weighted by atomic mass is 79.9.